The molecule has 1 aromatic rings. The van der Waals surface area contributed by atoms with Gasteiger partial charge < -0.3 is 5.32 Å². The first kappa shape index (κ1) is 7.10. The first-order chi connectivity index (χ1) is 5.81. The molecule has 12 heavy (non-hydrogen) atoms. The maximum absolute atomic E-state index is 3.48. The van der Waals surface area contributed by atoms with Crippen LogP contribution in [0.2, 0.25) is 0 Å². The average molecular weight is 179 g/mol. The third kappa shape index (κ3) is 0.771. The van der Waals surface area contributed by atoms with E-state index >= 15 is 0 Å². The van der Waals surface area contributed by atoms with Gasteiger partial charge in [-0.2, -0.15) is 0 Å². The number of piperidine rings is 1. The van der Waals surface area contributed by atoms with Crippen LogP contribution in [0, 0.1) is 12.8 Å². The van der Waals surface area contributed by atoms with Crippen LogP contribution in [-0.2, 0) is 5.41 Å². The maximum atomic E-state index is 3.48. The lowest BCUT2D eigenvalue weighted by molar-refractivity contribution is 0.685. The standard InChI is InChI=1S/C10H13NS/c1-7-2-9(12-5-7)10-3-8(10)4-11-6-10/h2,5,8,11H,3-4,6H2,1H3/t8-,10-/m1/s1. The van der Waals surface area contributed by atoms with Crippen molar-refractivity contribution in [3.63, 3.8) is 0 Å². The molecule has 1 nitrogen and oxygen atoms in total. The maximum Gasteiger partial charge on any atom is 0.0216 e. The fourth-order valence-corrected chi connectivity index (χ4v) is 3.61. The number of fused-ring (bicyclic) bond motifs is 1. The molecule has 1 saturated heterocycles. The highest BCUT2D eigenvalue weighted by Gasteiger charge is 2.58. The van der Waals surface area contributed by atoms with E-state index in [4.69, 9.17) is 0 Å². The zero-order valence-electron chi connectivity index (χ0n) is 7.26. The van der Waals surface area contributed by atoms with Crippen LogP contribution in [0.4, 0.5) is 0 Å². The van der Waals surface area contributed by atoms with E-state index in [1.54, 1.807) is 4.88 Å². The van der Waals surface area contributed by atoms with Gasteiger partial charge in [0, 0.05) is 16.8 Å². The second kappa shape index (κ2) is 2.12. The van der Waals surface area contributed by atoms with Gasteiger partial charge in [0.1, 0.15) is 0 Å². The number of thiophene rings is 1. The Morgan fingerprint density at radius 2 is 2.58 bits per heavy atom. The molecule has 0 spiro atoms. The quantitative estimate of drug-likeness (QED) is 0.694. The molecule has 1 aliphatic carbocycles. The number of rotatable bonds is 1. The van der Waals surface area contributed by atoms with Crippen LogP contribution in [0.1, 0.15) is 16.9 Å². The van der Waals surface area contributed by atoms with E-state index in [1.165, 1.54) is 25.1 Å². The predicted molar refractivity (Wildman–Crippen MR) is 51.7 cm³/mol. The van der Waals surface area contributed by atoms with E-state index < -0.39 is 0 Å². The van der Waals surface area contributed by atoms with Gasteiger partial charge in [0.25, 0.3) is 0 Å². The Bertz CT molecular complexity index is 317. The number of nitrogens with one attached hydrogen (secondary N) is 1. The molecule has 2 fully saturated rings. The normalized spacial score (nSPS) is 38.2. The summed E-state index contributed by atoms with van der Waals surface area (Å²) in [6.45, 7) is 4.66. The minimum absolute atomic E-state index is 0.582. The fourth-order valence-electron chi connectivity index (χ4n) is 2.42. The topological polar surface area (TPSA) is 12.0 Å². The highest BCUT2D eigenvalue weighted by Crippen LogP contribution is 2.57. The number of aryl methyl sites for hydroxylation is 1. The zero-order chi connectivity index (χ0) is 8.18. The van der Waals surface area contributed by atoms with E-state index in [-0.39, 0.29) is 0 Å². The van der Waals surface area contributed by atoms with Gasteiger partial charge in [-0.15, -0.1) is 11.3 Å². The van der Waals surface area contributed by atoms with E-state index in [2.05, 4.69) is 23.7 Å². The highest BCUT2D eigenvalue weighted by molar-refractivity contribution is 7.10. The monoisotopic (exact) mass is 179 g/mol. The molecular formula is C10H13NS. The molecule has 3 rings (SSSR count). The van der Waals surface area contributed by atoms with Crippen molar-refractivity contribution in [2.24, 2.45) is 5.92 Å². The van der Waals surface area contributed by atoms with Crippen molar-refractivity contribution in [2.75, 3.05) is 13.1 Å². The van der Waals surface area contributed by atoms with Gasteiger partial charge in [-0.05, 0) is 42.8 Å². The van der Waals surface area contributed by atoms with E-state index in [0.29, 0.717) is 5.41 Å². The molecule has 64 valence electrons. The van der Waals surface area contributed by atoms with Crippen LogP contribution in [0.5, 0.6) is 0 Å². The van der Waals surface area contributed by atoms with Crippen molar-refractivity contribution in [2.45, 2.75) is 18.8 Å². The van der Waals surface area contributed by atoms with Crippen LogP contribution in [0.3, 0.4) is 0 Å². The highest BCUT2D eigenvalue weighted by atomic mass is 32.1. The molecule has 2 aliphatic rings. The summed E-state index contributed by atoms with van der Waals surface area (Å²) in [5.41, 5.74) is 2.01. The lowest BCUT2D eigenvalue weighted by Gasteiger charge is -2.07. The van der Waals surface area contributed by atoms with Crippen molar-refractivity contribution in [3.05, 3.63) is 21.9 Å². The Labute approximate surface area is 76.8 Å². The second-order valence-corrected chi connectivity index (χ2v) is 5.09. The van der Waals surface area contributed by atoms with E-state index in [9.17, 15) is 0 Å². The van der Waals surface area contributed by atoms with Crippen molar-refractivity contribution in [1.82, 2.24) is 5.32 Å². The molecule has 0 amide bonds. The smallest absolute Gasteiger partial charge is 0.0216 e. The Balaban J connectivity index is 1.99. The second-order valence-electron chi connectivity index (χ2n) is 4.18. The summed E-state index contributed by atoms with van der Waals surface area (Å²) < 4.78 is 0. The number of hydrogen-bond acceptors (Lipinski definition) is 2. The van der Waals surface area contributed by atoms with Crippen LogP contribution < -0.4 is 5.32 Å². The van der Waals surface area contributed by atoms with Crippen molar-refractivity contribution < 1.29 is 0 Å². The number of hydrogen-bond donors (Lipinski definition) is 1. The first-order valence-corrected chi connectivity index (χ1v) is 5.45. The molecule has 2 heterocycles. The van der Waals surface area contributed by atoms with Crippen LogP contribution >= 0.6 is 11.3 Å². The largest absolute Gasteiger partial charge is 0.315 e. The average Bonchev–Trinajstić information content (AvgIpc) is 2.50. The Kier molecular flexibility index (Phi) is 1.25. The SMILES string of the molecule is Cc1csc([C@]23CNC[C@H]2C3)c1. The Hall–Kier alpha value is -0.340. The molecule has 0 radical (unpaired) electrons. The molecule has 2 heteroatoms. The molecule has 1 aliphatic heterocycles. The molecule has 1 N–H and O–H groups in total. The van der Waals surface area contributed by atoms with Gasteiger partial charge in [0.2, 0.25) is 0 Å². The van der Waals surface area contributed by atoms with Gasteiger partial charge >= 0.3 is 0 Å². The molecule has 2 atom stereocenters. The summed E-state index contributed by atoms with van der Waals surface area (Å²) in [5, 5.41) is 5.75. The fraction of sp³-hybridized carbons (Fsp3) is 0.600. The van der Waals surface area contributed by atoms with E-state index in [0.717, 1.165) is 5.92 Å². The molecule has 0 unspecified atom stereocenters. The molecular weight excluding hydrogens is 166 g/mol. The molecule has 0 aromatic carbocycles. The molecule has 1 saturated carbocycles. The predicted octanol–water partition coefficient (Wildman–Crippen LogP) is 1.92. The van der Waals surface area contributed by atoms with Gasteiger partial charge in [0.05, 0.1) is 0 Å². The van der Waals surface area contributed by atoms with Gasteiger partial charge in [0.15, 0.2) is 0 Å². The van der Waals surface area contributed by atoms with Crippen molar-refractivity contribution in [1.29, 1.82) is 0 Å². The van der Waals surface area contributed by atoms with Crippen LogP contribution in [0.25, 0.3) is 0 Å². The zero-order valence-corrected chi connectivity index (χ0v) is 8.08. The minimum Gasteiger partial charge on any atom is -0.315 e. The summed E-state index contributed by atoms with van der Waals surface area (Å²) in [6, 6.07) is 2.37. The Morgan fingerprint density at radius 3 is 3.08 bits per heavy atom. The third-order valence-electron chi connectivity index (χ3n) is 3.28. The van der Waals surface area contributed by atoms with Crippen molar-refractivity contribution in [3.8, 4) is 0 Å². The summed E-state index contributed by atoms with van der Waals surface area (Å²) in [7, 11) is 0. The minimum atomic E-state index is 0.582. The summed E-state index contributed by atoms with van der Waals surface area (Å²) in [6.07, 6.45) is 1.43. The van der Waals surface area contributed by atoms with Crippen LogP contribution in [0.15, 0.2) is 11.4 Å². The summed E-state index contributed by atoms with van der Waals surface area (Å²) in [4.78, 5) is 1.62. The van der Waals surface area contributed by atoms with E-state index in [1.807, 2.05) is 11.3 Å². The van der Waals surface area contributed by atoms with Crippen LogP contribution in [-0.4, -0.2) is 13.1 Å². The van der Waals surface area contributed by atoms with Gasteiger partial charge in [-0.3, -0.25) is 0 Å². The van der Waals surface area contributed by atoms with Crippen molar-refractivity contribution >= 4 is 11.3 Å². The Morgan fingerprint density at radius 1 is 1.67 bits per heavy atom. The van der Waals surface area contributed by atoms with Gasteiger partial charge in [-0.1, -0.05) is 0 Å². The third-order valence-corrected chi connectivity index (χ3v) is 4.55. The summed E-state index contributed by atoms with van der Waals surface area (Å²) in [5.74, 6) is 0.954. The summed E-state index contributed by atoms with van der Waals surface area (Å²) >= 11 is 1.95. The molecule has 0 bridgehead atoms. The van der Waals surface area contributed by atoms with Gasteiger partial charge in [-0.25, -0.2) is 0 Å². The molecule has 1 aromatic heterocycles. The lowest BCUT2D eigenvalue weighted by atomic mass is 10.0. The first-order valence-electron chi connectivity index (χ1n) is 4.58. The lowest BCUT2D eigenvalue weighted by Crippen LogP contribution is -2.18.